The predicted octanol–water partition coefficient (Wildman–Crippen LogP) is 1.98. The number of anilines is 1. The van der Waals surface area contributed by atoms with Crippen LogP contribution in [-0.2, 0) is 6.42 Å². The molecule has 19 heavy (non-hydrogen) atoms. The number of pyridine rings is 1. The van der Waals surface area contributed by atoms with E-state index in [9.17, 15) is 4.79 Å². The molecule has 1 aliphatic heterocycles. The maximum absolute atomic E-state index is 11.5. The summed E-state index contributed by atoms with van der Waals surface area (Å²) in [4.78, 5) is 14.2. The first-order valence-electron chi connectivity index (χ1n) is 7.14. The Kier molecular flexibility index (Phi) is 3.99. The second-order valence-electron chi connectivity index (χ2n) is 6.03. The molecule has 2 rings (SSSR count). The zero-order valence-corrected chi connectivity index (χ0v) is 12.3. The van der Waals surface area contributed by atoms with Crippen molar-refractivity contribution in [2.45, 2.75) is 39.2 Å². The van der Waals surface area contributed by atoms with E-state index in [-0.39, 0.29) is 11.1 Å². The summed E-state index contributed by atoms with van der Waals surface area (Å²) in [5.74, 6) is 1.06. The Morgan fingerprint density at radius 2 is 2.16 bits per heavy atom. The van der Waals surface area contributed by atoms with Gasteiger partial charge in [-0.1, -0.05) is 20.8 Å². The highest BCUT2D eigenvalue weighted by Crippen LogP contribution is 2.41. The van der Waals surface area contributed by atoms with E-state index in [1.54, 1.807) is 6.07 Å². The minimum atomic E-state index is -0.0111. The van der Waals surface area contributed by atoms with Crippen LogP contribution in [0.25, 0.3) is 0 Å². The molecule has 1 aliphatic rings. The lowest BCUT2D eigenvalue weighted by molar-refractivity contribution is 0.234. The first-order valence-corrected chi connectivity index (χ1v) is 7.14. The van der Waals surface area contributed by atoms with Crippen molar-refractivity contribution in [1.82, 2.24) is 10.3 Å². The molecule has 0 saturated carbocycles. The van der Waals surface area contributed by atoms with Gasteiger partial charge in [-0.15, -0.1) is 0 Å². The summed E-state index contributed by atoms with van der Waals surface area (Å²) in [6.07, 6.45) is 3.88. The molecule has 2 unspecified atom stereocenters. The number of aromatic amines is 1. The summed E-state index contributed by atoms with van der Waals surface area (Å²) in [6.45, 7) is 7.85. The first-order chi connectivity index (χ1) is 8.99. The average molecular weight is 263 g/mol. The van der Waals surface area contributed by atoms with Crippen LogP contribution in [0.4, 0.5) is 5.69 Å². The summed E-state index contributed by atoms with van der Waals surface area (Å²) >= 11 is 0. The van der Waals surface area contributed by atoms with Gasteiger partial charge in [0.2, 0.25) is 5.56 Å². The van der Waals surface area contributed by atoms with Gasteiger partial charge in [0.1, 0.15) is 0 Å². The molecule has 0 aliphatic carbocycles. The fourth-order valence-electron chi connectivity index (χ4n) is 3.22. The topological polar surface area (TPSA) is 56.9 Å². The third kappa shape index (κ3) is 2.54. The van der Waals surface area contributed by atoms with Crippen LogP contribution in [0.2, 0.25) is 0 Å². The number of fused-ring (bicyclic) bond motifs is 1. The summed E-state index contributed by atoms with van der Waals surface area (Å²) in [7, 11) is 1.99. The summed E-state index contributed by atoms with van der Waals surface area (Å²) in [5, 5.41) is 6.91. The lowest BCUT2D eigenvalue weighted by Gasteiger charge is -2.40. The third-order valence-corrected chi connectivity index (χ3v) is 4.60. The van der Waals surface area contributed by atoms with Crippen LogP contribution in [0.15, 0.2) is 17.1 Å². The van der Waals surface area contributed by atoms with Crippen molar-refractivity contribution in [3.63, 3.8) is 0 Å². The molecule has 1 aromatic heterocycles. The molecule has 0 radical (unpaired) electrons. The second-order valence-corrected chi connectivity index (χ2v) is 6.03. The Labute approximate surface area is 115 Å². The van der Waals surface area contributed by atoms with Crippen molar-refractivity contribution >= 4 is 5.69 Å². The van der Waals surface area contributed by atoms with Crippen LogP contribution >= 0.6 is 0 Å². The Bertz CT molecular complexity index is 494. The predicted molar refractivity (Wildman–Crippen MR) is 79.7 cm³/mol. The summed E-state index contributed by atoms with van der Waals surface area (Å²) in [5.41, 5.74) is 2.28. The quantitative estimate of drug-likeness (QED) is 0.761. The number of hydrogen-bond donors (Lipinski definition) is 3. The fourth-order valence-corrected chi connectivity index (χ4v) is 3.22. The molecular formula is C15H25N3O. The molecule has 0 saturated heterocycles. The van der Waals surface area contributed by atoms with Gasteiger partial charge in [-0.2, -0.15) is 0 Å². The molecule has 2 heterocycles. The highest BCUT2D eigenvalue weighted by atomic mass is 16.1. The highest BCUT2D eigenvalue weighted by Gasteiger charge is 2.43. The van der Waals surface area contributed by atoms with Crippen molar-refractivity contribution in [2.24, 2.45) is 11.8 Å². The number of hydrogen-bond acceptors (Lipinski definition) is 3. The van der Waals surface area contributed by atoms with Gasteiger partial charge in [-0.25, -0.2) is 0 Å². The Morgan fingerprint density at radius 1 is 1.42 bits per heavy atom. The van der Waals surface area contributed by atoms with Crippen LogP contribution in [0, 0.1) is 11.8 Å². The van der Waals surface area contributed by atoms with E-state index in [1.165, 1.54) is 0 Å². The molecule has 1 aromatic rings. The minimum Gasteiger partial charge on any atom is -0.377 e. The standard InChI is InChI=1S/C15H25N3O/c1-10(2)15(11(3)5-6-16-4)8-12-7-14(19)17-9-13(12)18-15/h7,9-11,16,18H,5-6,8H2,1-4H3,(H,17,19). The molecule has 0 spiro atoms. The number of nitrogens with one attached hydrogen (secondary N) is 3. The SMILES string of the molecule is CNCCC(C)C1(C(C)C)Cc2cc(=O)[nH]cc2N1. The van der Waals surface area contributed by atoms with E-state index in [0.717, 1.165) is 30.6 Å². The monoisotopic (exact) mass is 263 g/mol. The molecule has 0 aromatic carbocycles. The molecule has 2 atom stereocenters. The normalized spacial score (nSPS) is 23.2. The van der Waals surface area contributed by atoms with Crippen LogP contribution < -0.4 is 16.2 Å². The van der Waals surface area contributed by atoms with Gasteiger partial charge in [0.25, 0.3) is 0 Å². The van der Waals surface area contributed by atoms with Crippen LogP contribution in [0.5, 0.6) is 0 Å². The van der Waals surface area contributed by atoms with Gasteiger partial charge in [-0.05, 0) is 43.8 Å². The number of aromatic nitrogens is 1. The number of rotatable bonds is 5. The highest BCUT2D eigenvalue weighted by molar-refractivity contribution is 5.57. The van der Waals surface area contributed by atoms with E-state index < -0.39 is 0 Å². The van der Waals surface area contributed by atoms with Crippen LogP contribution in [0.3, 0.4) is 0 Å². The lowest BCUT2D eigenvalue weighted by atomic mass is 9.73. The second kappa shape index (κ2) is 5.37. The van der Waals surface area contributed by atoms with Crippen molar-refractivity contribution in [3.05, 3.63) is 28.2 Å². The molecule has 0 amide bonds. The van der Waals surface area contributed by atoms with Gasteiger partial charge < -0.3 is 15.6 Å². The van der Waals surface area contributed by atoms with Crippen LogP contribution in [-0.4, -0.2) is 24.1 Å². The third-order valence-electron chi connectivity index (χ3n) is 4.60. The molecule has 106 valence electrons. The van der Waals surface area contributed by atoms with Gasteiger partial charge in [0.05, 0.1) is 5.69 Å². The van der Waals surface area contributed by atoms with E-state index >= 15 is 0 Å². The van der Waals surface area contributed by atoms with Crippen molar-refractivity contribution in [2.75, 3.05) is 18.9 Å². The van der Waals surface area contributed by atoms with Gasteiger partial charge in [0, 0.05) is 17.8 Å². The average Bonchev–Trinajstić information content (AvgIpc) is 2.75. The maximum Gasteiger partial charge on any atom is 0.248 e. The zero-order chi connectivity index (χ0) is 14.0. The Morgan fingerprint density at radius 3 is 2.79 bits per heavy atom. The molecular weight excluding hydrogens is 238 g/mol. The zero-order valence-electron chi connectivity index (χ0n) is 12.3. The largest absolute Gasteiger partial charge is 0.377 e. The Hall–Kier alpha value is -1.29. The summed E-state index contributed by atoms with van der Waals surface area (Å²) in [6, 6.07) is 1.73. The van der Waals surface area contributed by atoms with E-state index in [4.69, 9.17) is 0 Å². The molecule has 0 bridgehead atoms. The number of H-pyrrole nitrogens is 1. The van der Waals surface area contributed by atoms with Crippen molar-refractivity contribution < 1.29 is 0 Å². The first kappa shape index (κ1) is 14.1. The maximum atomic E-state index is 11.5. The fraction of sp³-hybridized carbons (Fsp3) is 0.667. The Balaban J connectivity index is 2.27. The van der Waals surface area contributed by atoms with Gasteiger partial charge in [-0.3, -0.25) is 4.79 Å². The van der Waals surface area contributed by atoms with Crippen molar-refractivity contribution in [1.29, 1.82) is 0 Å². The molecule has 4 nitrogen and oxygen atoms in total. The molecule has 0 fully saturated rings. The summed E-state index contributed by atoms with van der Waals surface area (Å²) < 4.78 is 0. The van der Waals surface area contributed by atoms with Crippen LogP contribution in [0.1, 0.15) is 32.8 Å². The van der Waals surface area contributed by atoms with E-state index in [2.05, 4.69) is 36.4 Å². The lowest BCUT2D eigenvalue weighted by Crippen LogP contribution is -2.48. The van der Waals surface area contributed by atoms with E-state index in [1.807, 2.05) is 13.2 Å². The molecule has 4 heteroatoms. The molecule has 3 N–H and O–H groups in total. The van der Waals surface area contributed by atoms with Gasteiger partial charge in [0.15, 0.2) is 0 Å². The smallest absolute Gasteiger partial charge is 0.248 e. The van der Waals surface area contributed by atoms with Crippen molar-refractivity contribution in [3.8, 4) is 0 Å². The van der Waals surface area contributed by atoms with E-state index in [0.29, 0.717) is 11.8 Å². The van der Waals surface area contributed by atoms with Gasteiger partial charge >= 0.3 is 0 Å². The minimum absolute atomic E-state index is 0.0111.